The minimum absolute atomic E-state index is 0.126. The fourth-order valence-corrected chi connectivity index (χ4v) is 2.72. The summed E-state index contributed by atoms with van der Waals surface area (Å²) in [5.41, 5.74) is 1.94. The standard InChI is InChI=1S/C20H21NO5/c1-3-24-17-8-5-14(10-19(17)25-4-2)21-20(23)9-13-12-26-18-11-15(22)6-7-16(13)18/h5-8,10-12,22H,3-4,9H2,1-2H3,(H,21,23). The third-order valence-corrected chi connectivity index (χ3v) is 3.82. The van der Waals surface area contributed by atoms with Gasteiger partial charge < -0.3 is 24.3 Å². The second-order valence-corrected chi connectivity index (χ2v) is 5.69. The molecule has 0 saturated carbocycles. The molecule has 1 amide bonds. The zero-order valence-corrected chi connectivity index (χ0v) is 14.7. The van der Waals surface area contributed by atoms with Gasteiger partial charge in [0.05, 0.1) is 25.9 Å². The fourth-order valence-electron chi connectivity index (χ4n) is 2.72. The number of rotatable bonds is 7. The van der Waals surface area contributed by atoms with E-state index in [2.05, 4.69) is 5.32 Å². The lowest BCUT2D eigenvalue weighted by atomic mass is 10.1. The first-order valence-electron chi connectivity index (χ1n) is 8.49. The third kappa shape index (κ3) is 3.91. The molecule has 0 bridgehead atoms. The highest BCUT2D eigenvalue weighted by atomic mass is 16.5. The molecule has 3 rings (SSSR count). The maximum atomic E-state index is 12.4. The molecule has 0 fully saturated rings. The minimum atomic E-state index is -0.174. The molecule has 0 unspecified atom stereocenters. The van der Waals surface area contributed by atoms with E-state index in [1.165, 1.54) is 12.3 Å². The van der Waals surface area contributed by atoms with Crippen molar-refractivity contribution in [3.8, 4) is 17.2 Å². The van der Waals surface area contributed by atoms with Crippen LogP contribution < -0.4 is 14.8 Å². The molecule has 0 aliphatic heterocycles. The maximum Gasteiger partial charge on any atom is 0.228 e. The number of furan rings is 1. The number of carbonyl (C=O) groups is 1. The van der Waals surface area contributed by atoms with E-state index >= 15 is 0 Å². The van der Waals surface area contributed by atoms with E-state index in [-0.39, 0.29) is 18.1 Å². The number of hydrogen-bond donors (Lipinski definition) is 2. The van der Waals surface area contributed by atoms with Crippen molar-refractivity contribution in [3.05, 3.63) is 48.2 Å². The molecule has 6 heteroatoms. The summed E-state index contributed by atoms with van der Waals surface area (Å²) < 4.78 is 16.5. The van der Waals surface area contributed by atoms with Crippen LogP contribution >= 0.6 is 0 Å². The van der Waals surface area contributed by atoms with Gasteiger partial charge in [-0.05, 0) is 38.1 Å². The Morgan fingerprint density at radius 1 is 1.08 bits per heavy atom. The molecule has 26 heavy (non-hydrogen) atoms. The number of phenols is 1. The van der Waals surface area contributed by atoms with Gasteiger partial charge in [-0.3, -0.25) is 4.79 Å². The van der Waals surface area contributed by atoms with Crippen LogP contribution in [0.15, 0.2) is 47.1 Å². The lowest BCUT2D eigenvalue weighted by Gasteiger charge is -2.13. The van der Waals surface area contributed by atoms with Crippen molar-refractivity contribution >= 4 is 22.6 Å². The summed E-state index contributed by atoms with van der Waals surface area (Å²) in [6, 6.07) is 10.1. The number of nitrogens with one attached hydrogen (secondary N) is 1. The number of carbonyl (C=O) groups excluding carboxylic acids is 1. The molecule has 1 heterocycles. The van der Waals surface area contributed by atoms with Crippen molar-refractivity contribution in [1.29, 1.82) is 0 Å². The summed E-state index contributed by atoms with van der Waals surface area (Å²) in [6.45, 7) is 4.84. The summed E-state index contributed by atoms with van der Waals surface area (Å²) in [7, 11) is 0. The summed E-state index contributed by atoms with van der Waals surface area (Å²) in [5, 5.41) is 13.1. The number of aromatic hydroxyl groups is 1. The van der Waals surface area contributed by atoms with Gasteiger partial charge >= 0.3 is 0 Å². The van der Waals surface area contributed by atoms with Crippen LogP contribution in [-0.4, -0.2) is 24.2 Å². The first-order chi connectivity index (χ1) is 12.6. The van der Waals surface area contributed by atoms with Crippen molar-refractivity contribution in [2.24, 2.45) is 0 Å². The van der Waals surface area contributed by atoms with E-state index in [0.29, 0.717) is 36.0 Å². The molecule has 3 aromatic rings. The number of fused-ring (bicyclic) bond motifs is 1. The minimum Gasteiger partial charge on any atom is -0.508 e. The number of hydrogen-bond acceptors (Lipinski definition) is 5. The molecular formula is C20H21NO5. The molecule has 2 N–H and O–H groups in total. The summed E-state index contributed by atoms with van der Waals surface area (Å²) in [4.78, 5) is 12.4. The maximum absolute atomic E-state index is 12.4. The van der Waals surface area contributed by atoms with Gasteiger partial charge in [0, 0.05) is 28.8 Å². The molecule has 0 saturated heterocycles. The molecule has 0 radical (unpaired) electrons. The van der Waals surface area contributed by atoms with Gasteiger partial charge in [0.15, 0.2) is 11.5 Å². The first kappa shape index (κ1) is 17.7. The molecule has 2 aromatic carbocycles. The average molecular weight is 355 g/mol. The Bertz CT molecular complexity index is 916. The second-order valence-electron chi connectivity index (χ2n) is 5.69. The van der Waals surface area contributed by atoms with Crippen LogP contribution in [0, 0.1) is 0 Å². The molecule has 0 aliphatic carbocycles. The topological polar surface area (TPSA) is 80.9 Å². The highest BCUT2D eigenvalue weighted by molar-refractivity contribution is 5.95. The van der Waals surface area contributed by atoms with Crippen LogP contribution in [0.25, 0.3) is 11.0 Å². The van der Waals surface area contributed by atoms with Gasteiger partial charge in [-0.2, -0.15) is 0 Å². The number of ether oxygens (including phenoxy) is 2. The average Bonchev–Trinajstić information content (AvgIpc) is 2.99. The van der Waals surface area contributed by atoms with E-state index < -0.39 is 0 Å². The molecule has 0 spiro atoms. The largest absolute Gasteiger partial charge is 0.508 e. The SMILES string of the molecule is CCOc1ccc(NC(=O)Cc2coc3cc(O)ccc23)cc1OCC. The van der Waals surface area contributed by atoms with Crippen molar-refractivity contribution in [1.82, 2.24) is 0 Å². The molecule has 0 aliphatic rings. The van der Waals surface area contributed by atoms with E-state index in [9.17, 15) is 9.90 Å². The number of anilines is 1. The molecule has 0 atom stereocenters. The lowest BCUT2D eigenvalue weighted by molar-refractivity contribution is -0.115. The molecule has 1 aromatic heterocycles. The Balaban J connectivity index is 1.73. The van der Waals surface area contributed by atoms with Crippen molar-refractivity contribution < 1.29 is 23.8 Å². The van der Waals surface area contributed by atoms with Gasteiger partial charge in [-0.1, -0.05) is 0 Å². The van der Waals surface area contributed by atoms with E-state index in [1.54, 1.807) is 30.3 Å². The van der Waals surface area contributed by atoms with Crippen LogP contribution in [-0.2, 0) is 11.2 Å². The van der Waals surface area contributed by atoms with Gasteiger partial charge in [-0.25, -0.2) is 0 Å². The smallest absolute Gasteiger partial charge is 0.228 e. The second kappa shape index (κ2) is 7.82. The summed E-state index contributed by atoms with van der Waals surface area (Å²) >= 11 is 0. The molecule has 136 valence electrons. The Morgan fingerprint density at radius 3 is 2.62 bits per heavy atom. The van der Waals surface area contributed by atoms with Crippen molar-refractivity contribution in [2.75, 3.05) is 18.5 Å². The Hall–Kier alpha value is -3.15. The summed E-state index contributed by atoms with van der Waals surface area (Å²) in [5.74, 6) is 1.19. The zero-order chi connectivity index (χ0) is 18.5. The van der Waals surface area contributed by atoms with Gasteiger partial charge in [-0.15, -0.1) is 0 Å². The predicted octanol–water partition coefficient (Wildman–Crippen LogP) is 4.12. The zero-order valence-electron chi connectivity index (χ0n) is 14.7. The first-order valence-corrected chi connectivity index (χ1v) is 8.49. The Labute approximate surface area is 151 Å². The number of phenolic OH excluding ortho intramolecular Hbond substituents is 1. The predicted molar refractivity (Wildman–Crippen MR) is 99.0 cm³/mol. The van der Waals surface area contributed by atoms with Gasteiger partial charge in [0.25, 0.3) is 0 Å². The van der Waals surface area contributed by atoms with Crippen LogP contribution in [0.4, 0.5) is 5.69 Å². The monoisotopic (exact) mass is 355 g/mol. The van der Waals surface area contributed by atoms with Crippen molar-refractivity contribution in [2.45, 2.75) is 20.3 Å². The van der Waals surface area contributed by atoms with Crippen LogP contribution in [0.1, 0.15) is 19.4 Å². The van der Waals surface area contributed by atoms with Crippen LogP contribution in [0.5, 0.6) is 17.2 Å². The van der Waals surface area contributed by atoms with Crippen molar-refractivity contribution in [3.63, 3.8) is 0 Å². The normalized spacial score (nSPS) is 10.7. The van der Waals surface area contributed by atoms with E-state index in [1.807, 2.05) is 13.8 Å². The number of amides is 1. The Kier molecular flexibility index (Phi) is 5.31. The number of benzene rings is 2. The van der Waals surface area contributed by atoms with Crippen LogP contribution in [0.2, 0.25) is 0 Å². The summed E-state index contributed by atoms with van der Waals surface area (Å²) in [6.07, 6.45) is 1.70. The highest BCUT2D eigenvalue weighted by Crippen LogP contribution is 2.31. The Morgan fingerprint density at radius 2 is 1.85 bits per heavy atom. The van der Waals surface area contributed by atoms with E-state index in [4.69, 9.17) is 13.9 Å². The van der Waals surface area contributed by atoms with Crippen LogP contribution in [0.3, 0.4) is 0 Å². The van der Waals surface area contributed by atoms with E-state index in [0.717, 1.165) is 10.9 Å². The molecular weight excluding hydrogens is 334 g/mol. The van der Waals surface area contributed by atoms with Gasteiger partial charge in [0.2, 0.25) is 5.91 Å². The highest BCUT2D eigenvalue weighted by Gasteiger charge is 2.13. The molecule has 6 nitrogen and oxygen atoms in total. The van der Waals surface area contributed by atoms with Gasteiger partial charge in [0.1, 0.15) is 11.3 Å². The fraction of sp³-hybridized carbons (Fsp3) is 0.250. The third-order valence-electron chi connectivity index (χ3n) is 3.82. The lowest BCUT2D eigenvalue weighted by Crippen LogP contribution is -2.14. The quantitative estimate of drug-likeness (QED) is 0.666.